The van der Waals surface area contributed by atoms with Crippen LogP contribution < -0.4 is 10.6 Å². The van der Waals surface area contributed by atoms with Gasteiger partial charge in [0.05, 0.1) is 11.6 Å². The molecule has 0 radical (unpaired) electrons. The maximum Gasteiger partial charge on any atom is 0.167 e. The Kier molecular flexibility index (Phi) is 3.78. The van der Waals surface area contributed by atoms with E-state index in [2.05, 4.69) is 10.6 Å². The molecule has 0 bridgehead atoms. The maximum atomic E-state index is 13.6. The Morgan fingerprint density at radius 3 is 2.41 bits per heavy atom. The third-order valence-electron chi connectivity index (χ3n) is 3.95. The van der Waals surface area contributed by atoms with Crippen molar-refractivity contribution in [1.82, 2.24) is 10.6 Å². The second-order valence-corrected chi connectivity index (χ2v) is 6.26. The average Bonchev–Trinajstić information content (AvgIpc) is 2.79. The van der Waals surface area contributed by atoms with Crippen LogP contribution >= 0.6 is 23.8 Å². The van der Waals surface area contributed by atoms with Crippen molar-refractivity contribution in [3.63, 3.8) is 0 Å². The number of nitrogens with one attached hydrogen (secondary N) is 2. The van der Waals surface area contributed by atoms with Gasteiger partial charge < -0.3 is 10.6 Å². The van der Waals surface area contributed by atoms with Gasteiger partial charge in [-0.25, -0.2) is 8.78 Å². The standard InChI is InChI=1S/C16H13ClF2N2S/c1-16(10-4-7-12(18)13(19)8-10)14(20-15(22)21-16)9-2-5-11(17)6-3-9/h2-8,14H,1H3,(H2,20,21,22). The highest BCUT2D eigenvalue weighted by atomic mass is 35.5. The molecule has 2 unspecified atom stereocenters. The van der Waals surface area contributed by atoms with Crippen LogP contribution in [-0.2, 0) is 5.54 Å². The van der Waals surface area contributed by atoms with Crippen molar-refractivity contribution < 1.29 is 8.78 Å². The summed E-state index contributed by atoms with van der Waals surface area (Å²) in [5.74, 6) is -1.75. The van der Waals surface area contributed by atoms with Gasteiger partial charge in [-0.15, -0.1) is 0 Å². The molecule has 0 aliphatic carbocycles. The molecular weight excluding hydrogens is 326 g/mol. The molecule has 1 aliphatic heterocycles. The van der Waals surface area contributed by atoms with Crippen molar-refractivity contribution in [2.75, 3.05) is 0 Å². The van der Waals surface area contributed by atoms with Gasteiger partial charge in [0.1, 0.15) is 0 Å². The molecule has 0 amide bonds. The van der Waals surface area contributed by atoms with E-state index in [0.29, 0.717) is 15.7 Å². The zero-order valence-electron chi connectivity index (χ0n) is 11.7. The van der Waals surface area contributed by atoms with Crippen LogP contribution in [0.1, 0.15) is 24.1 Å². The molecule has 0 aromatic heterocycles. The third kappa shape index (κ3) is 2.55. The summed E-state index contributed by atoms with van der Waals surface area (Å²) < 4.78 is 26.8. The molecule has 0 spiro atoms. The number of benzene rings is 2. The van der Waals surface area contributed by atoms with Gasteiger partial charge >= 0.3 is 0 Å². The van der Waals surface area contributed by atoms with E-state index < -0.39 is 17.2 Å². The van der Waals surface area contributed by atoms with Crippen molar-refractivity contribution in [2.45, 2.75) is 18.5 Å². The van der Waals surface area contributed by atoms with Crippen LogP contribution in [0.3, 0.4) is 0 Å². The summed E-state index contributed by atoms with van der Waals surface area (Å²) in [5.41, 5.74) is 0.863. The molecular formula is C16H13ClF2N2S. The maximum absolute atomic E-state index is 13.6. The summed E-state index contributed by atoms with van der Waals surface area (Å²) in [4.78, 5) is 0. The summed E-state index contributed by atoms with van der Waals surface area (Å²) in [6.07, 6.45) is 0. The van der Waals surface area contributed by atoms with Gasteiger partial charge in [0.15, 0.2) is 16.7 Å². The zero-order chi connectivity index (χ0) is 15.9. The molecule has 1 saturated heterocycles. The SMILES string of the molecule is CC1(c2ccc(F)c(F)c2)NC(=S)NC1c1ccc(Cl)cc1. The van der Waals surface area contributed by atoms with Crippen molar-refractivity contribution >= 4 is 28.9 Å². The Morgan fingerprint density at radius 1 is 1.09 bits per heavy atom. The van der Waals surface area contributed by atoms with Gasteiger partial charge in [0, 0.05) is 5.02 Å². The fraction of sp³-hybridized carbons (Fsp3) is 0.188. The fourth-order valence-electron chi connectivity index (χ4n) is 2.75. The van der Waals surface area contributed by atoms with E-state index in [1.165, 1.54) is 6.07 Å². The Balaban J connectivity index is 2.06. The van der Waals surface area contributed by atoms with Gasteiger partial charge in [-0.3, -0.25) is 0 Å². The van der Waals surface area contributed by atoms with Gasteiger partial charge in [0.2, 0.25) is 0 Å². The lowest BCUT2D eigenvalue weighted by Crippen LogP contribution is -2.39. The molecule has 2 atom stereocenters. The molecule has 1 aliphatic rings. The normalized spacial score (nSPS) is 24.0. The largest absolute Gasteiger partial charge is 0.353 e. The Morgan fingerprint density at radius 2 is 1.77 bits per heavy atom. The third-order valence-corrected chi connectivity index (χ3v) is 4.42. The van der Waals surface area contributed by atoms with Crippen molar-refractivity contribution in [1.29, 1.82) is 0 Å². The molecule has 2 N–H and O–H groups in total. The van der Waals surface area contributed by atoms with E-state index in [-0.39, 0.29) is 6.04 Å². The first-order valence-corrected chi connectivity index (χ1v) is 7.48. The first-order valence-electron chi connectivity index (χ1n) is 6.70. The van der Waals surface area contributed by atoms with Gasteiger partial charge in [-0.05, 0) is 54.5 Å². The quantitative estimate of drug-likeness (QED) is 0.808. The second-order valence-electron chi connectivity index (χ2n) is 5.41. The van der Waals surface area contributed by atoms with E-state index in [4.69, 9.17) is 23.8 Å². The van der Waals surface area contributed by atoms with Crippen LogP contribution in [-0.4, -0.2) is 5.11 Å². The highest BCUT2D eigenvalue weighted by Gasteiger charge is 2.43. The van der Waals surface area contributed by atoms with Crippen LogP contribution in [0, 0.1) is 11.6 Å². The molecule has 1 fully saturated rings. The van der Waals surface area contributed by atoms with Gasteiger partial charge in [-0.1, -0.05) is 29.8 Å². The molecule has 2 aromatic rings. The average molecular weight is 339 g/mol. The number of rotatable bonds is 2. The minimum absolute atomic E-state index is 0.220. The highest BCUT2D eigenvalue weighted by molar-refractivity contribution is 7.80. The van der Waals surface area contributed by atoms with Crippen LogP contribution in [0.15, 0.2) is 42.5 Å². The number of hydrogen-bond acceptors (Lipinski definition) is 1. The topological polar surface area (TPSA) is 24.1 Å². The molecule has 114 valence electrons. The summed E-state index contributed by atoms with van der Waals surface area (Å²) >= 11 is 11.1. The van der Waals surface area contributed by atoms with Crippen LogP contribution in [0.5, 0.6) is 0 Å². The predicted molar refractivity (Wildman–Crippen MR) is 86.8 cm³/mol. The summed E-state index contributed by atoms with van der Waals surface area (Å²) in [6, 6.07) is 11.0. The molecule has 22 heavy (non-hydrogen) atoms. The second kappa shape index (κ2) is 5.48. The predicted octanol–water partition coefficient (Wildman–Crippen LogP) is 4.05. The molecule has 0 saturated carbocycles. The van der Waals surface area contributed by atoms with Crippen LogP contribution in [0.4, 0.5) is 8.78 Å². The summed E-state index contributed by atoms with van der Waals surface area (Å²) in [6.45, 7) is 1.89. The van der Waals surface area contributed by atoms with E-state index in [1.807, 2.05) is 19.1 Å². The lowest BCUT2D eigenvalue weighted by molar-refractivity contribution is 0.375. The molecule has 1 heterocycles. The molecule has 6 heteroatoms. The van der Waals surface area contributed by atoms with E-state index >= 15 is 0 Å². The fourth-order valence-corrected chi connectivity index (χ4v) is 3.21. The monoisotopic (exact) mass is 338 g/mol. The van der Waals surface area contributed by atoms with E-state index in [0.717, 1.165) is 11.6 Å². The number of halogens is 3. The zero-order valence-corrected chi connectivity index (χ0v) is 13.2. The van der Waals surface area contributed by atoms with Crippen molar-refractivity contribution in [3.8, 4) is 0 Å². The minimum Gasteiger partial charge on any atom is -0.353 e. The molecule has 3 rings (SSSR count). The smallest absolute Gasteiger partial charge is 0.167 e. The van der Waals surface area contributed by atoms with Gasteiger partial charge in [-0.2, -0.15) is 0 Å². The minimum atomic E-state index is -0.881. The van der Waals surface area contributed by atoms with Crippen molar-refractivity contribution in [2.24, 2.45) is 0 Å². The Bertz CT molecular complexity index is 735. The summed E-state index contributed by atoms with van der Waals surface area (Å²) in [5, 5.41) is 7.42. The van der Waals surface area contributed by atoms with E-state index in [9.17, 15) is 8.78 Å². The highest BCUT2D eigenvalue weighted by Crippen LogP contribution is 2.39. The molecule has 2 nitrogen and oxygen atoms in total. The number of hydrogen-bond donors (Lipinski definition) is 2. The summed E-state index contributed by atoms with van der Waals surface area (Å²) in [7, 11) is 0. The van der Waals surface area contributed by atoms with Crippen LogP contribution in [0.25, 0.3) is 0 Å². The molecule has 2 aromatic carbocycles. The Hall–Kier alpha value is -1.72. The van der Waals surface area contributed by atoms with Gasteiger partial charge in [0.25, 0.3) is 0 Å². The first kappa shape index (κ1) is 15.2. The lowest BCUT2D eigenvalue weighted by Gasteiger charge is -2.31. The Labute approximate surface area is 137 Å². The lowest BCUT2D eigenvalue weighted by atomic mass is 9.82. The first-order chi connectivity index (χ1) is 10.4. The van der Waals surface area contributed by atoms with E-state index in [1.54, 1.807) is 18.2 Å². The van der Waals surface area contributed by atoms with Crippen LogP contribution in [0.2, 0.25) is 5.02 Å². The van der Waals surface area contributed by atoms with Crippen molar-refractivity contribution in [3.05, 3.63) is 70.2 Å². The number of thiocarbonyl (C=S) groups is 1.